The van der Waals surface area contributed by atoms with Gasteiger partial charge in [0.2, 0.25) is 0 Å². The quantitative estimate of drug-likeness (QED) is 0.456. The number of carbonyl (C=O) groups excluding carboxylic acids is 1. The van der Waals surface area contributed by atoms with Crippen LogP contribution in [0.25, 0.3) is 10.2 Å². The van der Waals surface area contributed by atoms with Gasteiger partial charge in [-0.15, -0.1) is 0 Å². The van der Waals surface area contributed by atoms with Crippen molar-refractivity contribution in [3.05, 3.63) is 57.6 Å². The molecule has 0 fully saturated rings. The predicted molar refractivity (Wildman–Crippen MR) is 123 cm³/mol. The molecule has 0 aliphatic rings. The van der Waals surface area contributed by atoms with Gasteiger partial charge < -0.3 is 4.90 Å². The van der Waals surface area contributed by atoms with Gasteiger partial charge in [0.25, 0.3) is 5.91 Å². The summed E-state index contributed by atoms with van der Waals surface area (Å²) in [5.41, 5.74) is 4.05. The molecule has 0 saturated heterocycles. The summed E-state index contributed by atoms with van der Waals surface area (Å²) in [5.74, 6) is -0.0203. The van der Waals surface area contributed by atoms with Crippen molar-refractivity contribution < 1.29 is 4.79 Å². The van der Waals surface area contributed by atoms with Crippen LogP contribution in [0, 0.1) is 13.8 Å². The summed E-state index contributed by atoms with van der Waals surface area (Å²) >= 11 is 5.11. The van der Waals surface area contributed by atoms with E-state index < -0.39 is 0 Å². The van der Waals surface area contributed by atoms with Gasteiger partial charge in [0.15, 0.2) is 5.13 Å². The Morgan fingerprint density at radius 1 is 1.07 bits per heavy atom. The number of aryl methyl sites for hydroxylation is 2. The summed E-state index contributed by atoms with van der Waals surface area (Å²) in [6.07, 6.45) is 0. The molecule has 148 valence electrons. The maximum absolute atomic E-state index is 13.4. The third-order valence-corrected chi connectivity index (χ3v) is 6.92. The molecule has 0 atom stereocenters. The predicted octanol–water partition coefficient (Wildman–Crippen LogP) is 5.66. The van der Waals surface area contributed by atoms with E-state index in [-0.39, 0.29) is 5.91 Å². The average Bonchev–Trinajstić information content (AvgIpc) is 3.13. The molecule has 6 heteroatoms. The molecule has 0 aliphatic carbocycles. The van der Waals surface area contributed by atoms with Gasteiger partial charge in [-0.2, -0.15) is 0 Å². The molecule has 28 heavy (non-hydrogen) atoms. The van der Waals surface area contributed by atoms with E-state index in [2.05, 4.69) is 60.7 Å². The van der Waals surface area contributed by atoms with Crippen LogP contribution >= 0.6 is 27.3 Å². The molecule has 0 radical (unpaired) electrons. The van der Waals surface area contributed by atoms with E-state index in [1.165, 1.54) is 11.1 Å². The number of nitrogens with zero attached hydrogens (tertiary/aromatic N) is 3. The first-order valence-electron chi connectivity index (χ1n) is 9.61. The summed E-state index contributed by atoms with van der Waals surface area (Å²) in [5, 5.41) is 0.761. The first kappa shape index (κ1) is 21.0. The lowest BCUT2D eigenvalue weighted by Crippen LogP contribution is -2.39. The van der Waals surface area contributed by atoms with E-state index in [1.807, 2.05) is 29.2 Å². The zero-order valence-electron chi connectivity index (χ0n) is 16.8. The summed E-state index contributed by atoms with van der Waals surface area (Å²) in [7, 11) is 0. The number of anilines is 1. The molecular weight excluding hydrogens is 434 g/mol. The molecule has 1 heterocycles. The van der Waals surface area contributed by atoms with Crippen molar-refractivity contribution in [2.75, 3.05) is 31.1 Å². The van der Waals surface area contributed by atoms with Crippen molar-refractivity contribution >= 4 is 48.5 Å². The summed E-state index contributed by atoms with van der Waals surface area (Å²) in [6.45, 7) is 11.8. The summed E-state index contributed by atoms with van der Waals surface area (Å²) in [4.78, 5) is 22.5. The molecule has 0 bridgehead atoms. The molecule has 0 unspecified atom stereocenters. The number of hydrogen-bond donors (Lipinski definition) is 0. The fourth-order valence-electron chi connectivity index (χ4n) is 3.18. The molecule has 3 rings (SSSR count). The molecule has 4 nitrogen and oxygen atoms in total. The van der Waals surface area contributed by atoms with Crippen molar-refractivity contribution in [3.8, 4) is 0 Å². The van der Waals surface area contributed by atoms with Crippen molar-refractivity contribution in [3.63, 3.8) is 0 Å². The summed E-state index contributed by atoms with van der Waals surface area (Å²) < 4.78 is 1.92. The highest BCUT2D eigenvalue weighted by Gasteiger charge is 2.23. The van der Waals surface area contributed by atoms with E-state index in [0.717, 1.165) is 39.5 Å². The van der Waals surface area contributed by atoms with Gasteiger partial charge in [-0.3, -0.25) is 9.69 Å². The fourth-order valence-corrected chi connectivity index (χ4v) is 4.68. The number of aromatic nitrogens is 1. The monoisotopic (exact) mass is 459 g/mol. The Labute approximate surface area is 179 Å². The number of rotatable bonds is 7. The Kier molecular flexibility index (Phi) is 6.86. The Morgan fingerprint density at radius 3 is 2.46 bits per heavy atom. The highest BCUT2D eigenvalue weighted by Crippen LogP contribution is 2.33. The van der Waals surface area contributed by atoms with E-state index in [9.17, 15) is 4.79 Å². The van der Waals surface area contributed by atoms with Gasteiger partial charge in [0.05, 0.1) is 15.8 Å². The van der Waals surface area contributed by atoms with E-state index in [1.54, 1.807) is 11.3 Å². The first-order valence-corrected chi connectivity index (χ1v) is 11.2. The molecule has 0 aliphatic heterocycles. The van der Waals surface area contributed by atoms with Crippen LogP contribution in [0.5, 0.6) is 0 Å². The topological polar surface area (TPSA) is 36.4 Å². The van der Waals surface area contributed by atoms with Gasteiger partial charge in [-0.25, -0.2) is 4.98 Å². The lowest BCUT2D eigenvalue weighted by Gasteiger charge is -2.25. The highest BCUT2D eigenvalue weighted by molar-refractivity contribution is 9.10. The number of halogens is 1. The number of fused-ring (bicyclic) bond motifs is 1. The molecule has 3 aromatic rings. The second-order valence-corrected chi connectivity index (χ2v) is 8.68. The average molecular weight is 460 g/mol. The minimum atomic E-state index is -0.0203. The fraction of sp³-hybridized carbons (Fsp3) is 0.364. The molecule has 2 aromatic carbocycles. The normalized spacial score (nSPS) is 11.4. The van der Waals surface area contributed by atoms with Gasteiger partial charge in [0, 0.05) is 17.6 Å². The van der Waals surface area contributed by atoms with Gasteiger partial charge in [0.1, 0.15) is 0 Å². The molecule has 1 aromatic heterocycles. The smallest absolute Gasteiger partial charge is 0.261 e. The second kappa shape index (κ2) is 9.16. The van der Waals surface area contributed by atoms with Crippen LogP contribution in [0.2, 0.25) is 0 Å². The SMILES string of the molecule is CCN(CC)CCN(C(=O)c1ccccc1Br)c1nc2c(C)c(C)ccc2s1. The standard InChI is InChI=1S/C22H26BrN3OS/c1-5-25(6-2)13-14-26(21(27)17-9-7-8-10-18(17)23)22-24-20-16(4)15(3)11-12-19(20)28-22/h7-12H,5-6,13-14H2,1-4H3. The lowest BCUT2D eigenvalue weighted by atomic mass is 10.1. The maximum atomic E-state index is 13.4. The number of amides is 1. The van der Waals surface area contributed by atoms with Crippen LogP contribution in [0.4, 0.5) is 5.13 Å². The number of likely N-dealkylation sites (N-methyl/N-ethyl adjacent to an activating group) is 1. The Morgan fingerprint density at radius 2 is 1.79 bits per heavy atom. The van der Waals surface area contributed by atoms with Gasteiger partial charge in [-0.1, -0.05) is 43.4 Å². The maximum Gasteiger partial charge on any atom is 0.261 e. The van der Waals surface area contributed by atoms with Crippen molar-refractivity contribution in [2.45, 2.75) is 27.7 Å². The number of benzene rings is 2. The molecule has 1 amide bonds. The number of hydrogen-bond acceptors (Lipinski definition) is 4. The summed E-state index contributed by atoms with van der Waals surface area (Å²) in [6, 6.07) is 11.8. The van der Waals surface area contributed by atoms with E-state index >= 15 is 0 Å². The molecule has 0 spiro atoms. The first-order chi connectivity index (χ1) is 13.5. The van der Waals surface area contributed by atoms with Gasteiger partial charge >= 0.3 is 0 Å². The molecule has 0 N–H and O–H groups in total. The van der Waals surface area contributed by atoms with Gasteiger partial charge in [-0.05, 0) is 72.2 Å². The third-order valence-electron chi connectivity index (χ3n) is 5.19. The van der Waals surface area contributed by atoms with Crippen LogP contribution in [-0.2, 0) is 0 Å². The van der Waals surface area contributed by atoms with E-state index in [0.29, 0.717) is 12.1 Å². The van der Waals surface area contributed by atoms with E-state index in [4.69, 9.17) is 4.98 Å². The Bertz CT molecular complexity index is 981. The van der Waals surface area contributed by atoms with Crippen molar-refractivity contribution in [1.82, 2.24) is 9.88 Å². The Hall–Kier alpha value is -1.76. The zero-order valence-corrected chi connectivity index (χ0v) is 19.2. The number of thiazole rings is 1. The Balaban J connectivity index is 2.02. The largest absolute Gasteiger partial charge is 0.302 e. The highest BCUT2D eigenvalue weighted by atomic mass is 79.9. The van der Waals surface area contributed by atoms with Crippen LogP contribution in [0.1, 0.15) is 35.3 Å². The molecular formula is C22H26BrN3OS. The second-order valence-electron chi connectivity index (χ2n) is 6.81. The van der Waals surface area contributed by atoms with Crippen LogP contribution in [0.3, 0.4) is 0 Å². The van der Waals surface area contributed by atoms with Crippen molar-refractivity contribution in [1.29, 1.82) is 0 Å². The third kappa shape index (κ3) is 4.29. The van der Waals surface area contributed by atoms with Crippen LogP contribution in [0.15, 0.2) is 40.9 Å². The van der Waals surface area contributed by atoms with Crippen LogP contribution in [-0.4, -0.2) is 42.0 Å². The zero-order chi connectivity index (χ0) is 20.3. The van der Waals surface area contributed by atoms with Crippen LogP contribution < -0.4 is 4.90 Å². The minimum absolute atomic E-state index is 0.0203. The minimum Gasteiger partial charge on any atom is -0.302 e. The van der Waals surface area contributed by atoms with Crippen molar-refractivity contribution in [2.24, 2.45) is 0 Å². The lowest BCUT2D eigenvalue weighted by molar-refractivity contribution is 0.0983. The molecule has 0 saturated carbocycles. The number of carbonyl (C=O) groups is 1.